The molecule has 0 saturated carbocycles. The largest absolute Gasteiger partial charge is 0.497 e. The minimum atomic E-state index is -0.605. The second-order valence-corrected chi connectivity index (χ2v) is 4.83. The Labute approximate surface area is 117 Å². The van der Waals surface area contributed by atoms with Crippen molar-refractivity contribution in [1.82, 2.24) is 9.78 Å². The van der Waals surface area contributed by atoms with Crippen LogP contribution in [0.2, 0.25) is 5.15 Å². The van der Waals surface area contributed by atoms with Crippen molar-refractivity contribution in [1.29, 1.82) is 0 Å². The van der Waals surface area contributed by atoms with Crippen LogP contribution in [-0.4, -0.2) is 22.0 Å². The third kappa shape index (κ3) is 2.91. The maximum absolute atomic E-state index is 10.3. The number of nitrogens with zero attached hydrogens (tertiary/aromatic N) is 2. The summed E-state index contributed by atoms with van der Waals surface area (Å²) in [4.78, 5) is 0. The highest BCUT2D eigenvalue weighted by Gasteiger charge is 2.16. The van der Waals surface area contributed by atoms with E-state index in [1.54, 1.807) is 18.8 Å². The first-order valence-electron chi connectivity index (χ1n) is 6.03. The Morgan fingerprint density at radius 1 is 1.37 bits per heavy atom. The van der Waals surface area contributed by atoms with Crippen molar-refractivity contribution < 1.29 is 9.84 Å². The Balaban J connectivity index is 2.17. The monoisotopic (exact) mass is 280 g/mol. The minimum absolute atomic E-state index is 0.449. The van der Waals surface area contributed by atoms with Gasteiger partial charge in [-0.05, 0) is 24.6 Å². The number of aliphatic hydroxyl groups excluding tert-OH is 1. The molecule has 102 valence electrons. The van der Waals surface area contributed by atoms with E-state index < -0.39 is 6.10 Å². The fraction of sp³-hybridized carbons (Fsp3) is 0.357. The van der Waals surface area contributed by atoms with Crippen molar-refractivity contribution in [3.05, 3.63) is 46.2 Å². The van der Waals surface area contributed by atoms with Gasteiger partial charge >= 0.3 is 0 Å². The second-order valence-electron chi connectivity index (χ2n) is 4.47. The van der Waals surface area contributed by atoms with Crippen molar-refractivity contribution in [2.24, 2.45) is 7.05 Å². The van der Waals surface area contributed by atoms with Crippen molar-refractivity contribution in [2.75, 3.05) is 7.11 Å². The number of hydrogen-bond acceptors (Lipinski definition) is 3. The van der Waals surface area contributed by atoms with E-state index in [1.165, 1.54) is 0 Å². The molecule has 4 nitrogen and oxygen atoms in total. The highest BCUT2D eigenvalue weighted by Crippen LogP contribution is 2.26. The minimum Gasteiger partial charge on any atom is -0.497 e. The fourth-order valence-corrected chi connectivity index (χ4v) is 2.29. The summed E-state index contributed by atoms with van der Waals surface area (Å²) in [6, 6.07) is 7.36. The van der Waals surface area contributed by atoms with Gasteiger partial charge in [-0.3, -0.25) is 4.68 Å². The summed E-state index contributed by atoms with van der Waals surface area (Å²) in [7, 11) is 3.41. The molecule has 0 amide bonds. The Morgan fingerprint density at radius 3 is 2.47 bits per heavy atom. The van der Waals surface area contributed by atoms with Crippen LogP contribution in [-0.2, 0) is 13.5 Å². The van der Waals surface area contributed by atoms with E-state index in [4.69, 9.17) is 16.3 Å². The van der Waals surface area contributed by atoms with Crippen LogP contribution in [0.4, 0.5) is 0 Å². The topological polar surface area (TPSA) is 47.3 Å². The van der Waals surface area contributed by atoms with Gasteiger partial charge in [0.2, 0.25) is 0 Å². The van der Waals surface area contributed by atoms with Crippen LogP contribution in [0.3, 0.4) is 0 Å². The van der Waals surface area contributed by atoms with Crippen LogP contribution in [0.5, 0.6) is 5.75 Å². The number of aliphatic hydroxyl groups is 1. The zero-order valence-electron chi connectivity index (χ0n) is 11.2. The first-order chi connectivity index (χ1) is 9.02. The van der Waals surface area contributed by atoms with Gasteiger partial charge in [-0.15, -0.1) is 0 Å². The zero-order chi connectivity index (χ0) is 14.0. The van der Waals surface area contributed by atoms with Crippen molar-refractivity contribution in [2.45, 2.75) is 19.4 Å². The van der Waals surface area contributed by atoms with Gasteiger partial charge in [0.1, 0.15) is 10.9 Å². The van der Waals surface area contributed by atoms with Gasteiger partial charge < -0.3 is 9.84 Å². The maximum atomic E-state index is 10.3. The molecule has 5 heteroatoms. The van der Waals surface area contributed by atoms with Crippen molar-refractivity contribution in [3.8, 4) is 5.75 Å². The van der Waals surface area contributed by atoms with Gasteiger partial charge in [0.25, 0.3) is 0 Å². The molecule has 2 rings (SSSR count). The van der Waals surface area contributed by atoms with Crippen LogP contribution in [0.1, 0.15) is 22.9 Å². The average molecular weight is 281 g/mol. The number of halogens is 1. The van der Waals surface area contributed by atoms with E-state index in [2.05, 4.69) is 5.10 Å². The normalized spacial score (nSPS) is 12.5. The Hall–Kier alpha value is -1.52. The number of aryl methyl sites for hydroxylation is 2. The van der Waals surface area contributed by atoms with Gasteiger partial charge in [0, 0.05) is 19.0 Å². The molecule has 0 bridgehead atoms. The molecule has 0 aliphatic rings. The quantitative estimate of drug-likeness (QED) is 0.937. The number of rotatable bonds is 4. The number of methoxy groups -OCH3 is 1. The predicted octanol–water partition coefficient (Wildman–Crippen LogP) is 2.67. The Bertz CT molecular complexity index is 564. The summed E-state index contributed by atoms with van der Waals surface area (Å²) >= 11 is 6.16. The van der Waals surface area contributed by atoms with Crippen LogP contribution in [0, 0.1) is 6.92 Å². The lowest BCUT2D eigenvalue weighted by Crippen LogP contribution is -2.03. The molecule has 0 saturated heterocycles. The average Bonchev–Trinajstić information content (AvgIpc) is 2.65. The van der Waals surface area contributed by atoms with Crippen LogP contribution in [0.15, 0.2) is 24.3 Å². The van der Waals surface area contributed by atoms with Crippen molar-refractivity contribution in [3.63, 3.8) is 0 Å². The molecule has 1 N–H and O–H groups in total. The molecule has 0 radical (unpaired) electrons. The number of benzene rings is 1. The lowest BCUT2D eigenvalue weighted by molar-refractivity contribution is 0.178. The molecule has 0 aliphatic heterocycles. The van der Waals surface area contributed by atoms with Crippen molar-refractivity contribution >= 4 is 11.6 Å². The smallest absolute Gasteiger partial charge is 0.130 e. The molecule has 1 aromatic heterocycles. The Kier molecular flexibility index (Phi) is 4.12. The van der Waals surface area contributed by atoms with E-state index in [-0.39, 0.29) is 0 Å². The summed E-state index contributed by atoms with van der Waals surface area (Å²) in [6.07, 6.45) is -0.156. The molecule has 2 aromatic rings. The third-order valence-corrected chi connectivity index (χ3v) is 3.64. The lowest BCUT2D eigenvalue weighted by atomic mass is 10.0. The van der Waals surface area contributed by atoms with E-state index >= 15 is 0 Å². The van der Waals surface area contributed by atoms with Gasteiger partial charge in [-0.25, -0.2) is 0 Å². The van der Waals surface area contributed by atoms with Crippen LogP contribution in [0.25, 0.3) is 0 Å². The van der Waals surface area contributed by atoms with E-state index in [0.717, 1.165) is 22.6 Å². The van der Waals surface area contributed by atoms with Gasteiger partial charge in [-0.1, -0.05) is 23.7 Å². The van der Waals surface area contributed by atoms with Crippen LogP contribution >= 0.6 is 11.6 Å². The predicted molar refractivity (Wildman–Crippen MR) is 74.6 cm³/mol. The van der Waals surface area contributed by atoms with E-state index in [9.17, 15) is 5.11 Å². The second kappa shape index (κ2) is 5.63. The highest BCUT2D eigenvalue weighted by molar-refractivity contribution is 6.30. The number of ether oxygens (including phenoxy) is 1. The molecule has 19 heavy (non-hydrogen) atoms. The molecular weight excluding hydrogens is 264 g/mol. The van der Waals surface area contributed by atoms with E-state index in [1.807, 2.05) is 31.2 Å². The first-order valence-corrected chi connectivity index (χ1v) is 6.40. The summed E-state index contributed by atoms with van der Waals surface area (Å²) in [5, 5.41) is 15.1. The lowest BCUT2D eigenvalue weighted by Gasteiger charge is -2.11. The van der Waals surface area contributed by atoms with Gasteiger partial charge in [-0.2, -0.15) is 5.10 Å². The van der Waals surface area contributed by atoms with E-state index in [0.29, 0.717) is 11.6 Å². The number of hydrogen-bond donors (Lipinski definition) is 1. The molecule has 1 atom stereocenters. The fourth-order valence-electron chi connectivity index (χ4n) is 2.04. The highest BCUT2D eigenvalue weighted by atomic mass is 35.5. The summed E-state index contributed by atoms with van der Waals surface area (Å²) in [6.45, 7) is 1.89. The summed E-state index contributed by atoms with van der Waals surface area (Å²) in [5.41, 5.74) is 2.56. The number of aromatic nitrogens is 2. The zero-order valence-corrected chi connectivity index (χ0v) is 12.0. The third-order valence-electron chi connectivity index (χ3n) is 3.17. The standard InChI is InChI=1S/C14H17ClN2O2/c1-9-12(14(15)17(2)16-9)8-13(18)10-4-6-11(19-3)7-5-10/h4-7,13,18H,8H2,1-3H3. The maximum Gasteiger partial charge on any atom is 0.130 e. The molecule has 0 spiro atoms. The molecule has 1 unspecified atom stereocenters. The first kappa shape index (κ1) is 13.9. The Morgan fingerprint density at radius 2 is 2.00 bits per heavy atom. The SMILES string of the molecule is COc1ccc(C(O)Cc2c(C)nn(C)c2Cl)cc1. The van der Waals surface area contributed by atoms with Gasteiger partial charge in [0.05, 0.1) is 18.9 Å². The van der Waals surface area contributed by atoms with Gasteiger partial charge in [0.15, 0.2) is 0 Å². The molecule has 1 heterocycles. The summed E-state index contributed by atoms with van der Waals surface area (Å²) < 4.78 is 6.71. The van der Waals surface area contributed by atoms with Crippen LogP contribution < -0.4 is 4.74 Å². The molecule has 1 aromatic carbocycles. The molecule has 0 fully saturated rings. The summed E-state index contributed by atoms with van der Waals surface area (Å²) in [5.74, 6) is 0.770. The molecule has 0 aliphatic carbocycles. The molecular formula is C14H17ClN2O2.